The van der Waals surface area contributed by atoms with Crippen LogP contribution in [0.1, 0.15) is 17.5 Å². The highest BCUT2D eigenvalue weighted by atomic mass is 35.5. The van der Waals surface area contributed by atoms with Crippen molar-refractivity contribution in [1.29, 1.82) is 0 Å². The van der Waals surface area contributed by atoms with E-state index >= 15 is 0 Å². The van der Waals surface area contributed by atoms with Crippen molar-refractivity contribution >= 4 is 11.6 Å². The molecular weight excluding hydrogens is 315 g/mol. The number of hydrogen-bond acceptors (Lipinski definition) is 3. The first-order chi connectivity index (χ1) is 11.2. The molecule has 0 saturated carbocycles. The summed E-state index contributed by atoms with van der Waals surface area (Å²) in [4.78, 5) is 0. The monoisotopic (exact) mass is 336 g/mol. The highest BCUT2D eigenvalue weighted by molar-refractivity contribution is 6.30. The van der Waals surface area contributed by atoms with Crippen LogP contribution in [0, 0.1) is 5.82 Å². The minimum Gasteiger partial charge on any atom is -0.489 e. The maximum atomic E-state index is 12.9. The molecular formula is C18H22ClFN2O. The van der Waals surface area contributed by atoms with E-state index in [4.69, 9.17) is 16.3 Å². The highest BCUT2D eigenvalue weighted by Crippen LogP contribution is 2.24. The van der Waals surface area contributed by atoms with E-state index in [9.17, 15) is 4.39 Å². The van der Waals surface area contributed by atoms with Crippen molar-refractivity contribution in [2.45, 2.75) is 19.6 Å². The molecule has 0 aromatic heterocycles. The lowest BCUT2D eigenvalue weighted by atomic mass is 10.2. The summed E-state index contributed by atoms with van der Waals surface area (Å²) in [7, 11) is 1.94. The standard InChI is InChI=1S/C18H22ClFN2O/c1-21-9-2-10-22-12-15-11-16(19)5-8-18(15)23-13-14-3-6-17(20)7-4-14/h3-8,11,21-22H,2,9-10,12-13H2,1H3. The molecule has 0 aliphatic heterocycles. The lowest BCUT2D eigenvalue weighted by molar-refractivity contribution is 0.302. The Morgan fingerprint density at radius 2 is 1.87 bits per heavy atom. The molecule has 5 heteroatoms. The van der Waals surface area contributed by atoms with E-state index in [1.54, 1.807) is 12.1 Å². The second-order valence-electron chi connectivity index (χ2n) is 5.30. The Morgan fingerprint density at radius 3 is 2.61 bits per heavy atom. The van der Waals surface area contributed by atoms with Gasteiger partial charge in [0.25, 0.3) is 0 Å². The van der Waals surface area contributed by atoms with E-state index in [0.717, 1.165) is 36.4 Å². The molecule has 23 heavy (non-hydrogen) atoms. The average molecular weight is 337 g/mol. The summed E-state index contributed by atoms with van der Waals surface area (Å²) in [6.45, 7) is 3.00. The maximum Gasteiger partial charge on any atom is 0.124 e. The predicted molar refractivity (Wildman–Crippen MR) is 92.4 cm³/mol. The summed E-state index contributed by atoms with van der Waals surface area (Å²) in [6.07, 6.45) is 1.06. The van der Waals surface area contributed by atoms with E-state index < -0.39 is 0 Å². The number of halogens is 2. The summed E-state index contributed by atoms with van der Waals surface area (Å²) in [5.41, 5.74) is 1.94. The van der Waals surface area contributed by atoms with Crippen LogP contribution < -0.4 is 15.4 Å². The molecule has 0 spiro atoms. The van der Waals surface area contributed by atoms with E-state index in [-0.39, 0.29) is 5.82 Å². The number of rotatable bonds is 9. The van der Waals surface area contributed by atoms with Crippen molar-refractivity contribution in [3.63, 3.8) is 0 Å². The molecule has 3 nitrogen and oxygen atoms in total. The fourth-order valence-electron chi connectivity index (χ4n) is 2.18. The van der Waals surface area contributed by atoms with Crippen LogP contribution in [-0.2, 0) is 13.2 Å². The second-order valence-corrected chi connectivity index (χ2v) is 5.74. The number of ether oxygens (including phenoxy) is 1. The molecule has 2 N–H and O–H groups in total. The number of nitrogens with one attached hydrogen (secondary N) is 2. The summed E-state index contributed by atoms with van der Waals surface area (Å²) in [5, 5.41) is 7.18. The molecule has 0 amide bonds. The van der Waals surface area contributed by atoms with Gasteiger partial charge in [-0.1, -0.05) is 23.7 Å². The van der Waals surface area contributed by atoms with Crippen LogP contribution in [0.4, 0.5) is 4.39 Å². The Morgan fingerprint density at radius 1 is 1.09 bits per heavy atom. The molecule has 0 heterocycles. The van der Waals surface area contributed by atoms with Gasteiger partial charge in [-0.2, -0.15) is 0 Å². The quantitative estimate of drug-likeness (QED) is 0.684. The lowest BCUT2D eigenvalue weighted by Gasteiger charge is -2.13. The molecule has 2 aromatic carbocycles. The fraction of sp³-hybridized carbons (Fsp3) is 0.333. The van der Waals surface area contributed by atoms with E-state index in [0.29, 0.717) is 18.2 Å². The Hall–Kier alpha value is -1.62. The van der Waals surface area contributed by atoms with Crippen LogP contribution in [-0.4, -0.2) is 20.1 Å². The average Bonchev–Trinajstić information content (AvgIpc) is 2.55. The molecule has 0 radical (unpaired) electrons. The molecule has 0 aliphatic rings. The molecule has 0 unspecified atom stereocenters. The van der Waals surface area contributed by atoms with Crippen molar-refractivity contribution in [3.8, 4) is 5.75 Å². The zero-order valence-electron chi connectivity index (χ0n) is 13.2. The first-order valence-corrected chi connectivity index (χ1v) is 8.08. The molecule has 124 valence electrons. The highest BCUT2D eigenvalue weighted by Gasteiger charge is 2.05. The van der Waals surface area contributed by atoms with Crippen molar-refractivity contribution in [1.82, 2.24) is 10.6 Å². The molecule has 0 fully saturated rings. The first kappa shape index (κ1) is 17.7. The predicted octanol–water partition coefficient (Wildman–Crippen LogP) is 3.76. The third kappa shape index (κ3) is 6.18. The Bertz CT molecular complexity index is 604. The topological polar surface area (TPSA) is 33.3 Å². The van der Waals surface area contributed by atoms with Gasteiger partial charge in [0.15, 0.2) is 0 Å². The van der Waals surface area contributed by atoms with Gasteiger partial charge in [0.2, 0.25) is 0 Å². The summed E-state index contributed by atoms with van der Waals surface area (Å²) >= 11 is 6.08. The summed E-state index contributed by atoms with van der Waals surface area (Å²) < 4.78 is 18.8. The zero-order valence-corrected chi connectivity index (χ0v) is 14.0. The van der Waals surface area contributed by atoms with Gasteiger partial charge in [0.05, 0.1) is 0 Å². The zero-order chi connectivity index (χ0) is 16.5. The van der Waals surface area contributed by atoms with Crippen LogP contribution >= 0.6 is 11.6 Å². The Labute approximate surface area is 141 Å². The second kappa shape index (κ2) is 9.50. The largest absolute Gasteiger partial charge is 0.489 e. The smallest absolute Gasteiger partial charge is 0.124 e. The third-order valence-electron chi connectivity index (χ3n) is 3.43. The fourth-order valence-corrected chi connectivity index (χ4v) is 2.38. The third-order valence-corrected chi connectivity index (χ3v) is 3.66. The Kier molecular flexibility index (Phi) is 7.33. The molecule has 2 rings (SSSR count). The minimum atomic E-state index is -0.244. The van der Waals surface area contributed by atoms with Crippen molar-refractivity contribution in [3.05, 3.63) is 64.4 Å². The minimum absolute atomic E-state index is 0.244. The number of benzene rings is 2. The van der Waals surface area contributed by atoms with Gasteiger partial charge in [-0.05, 0) is 62.5 Å². The van der Waals surface area contributed by atoms with E-state index in [1.165, 1.54) is 12.1 Å². The van der Waals surface area contributed by atoms with E-state index in [2.05, 4.69) is 10.6 Å². The van der Waals surface area contributed by atoms with Gasteiger partial charge in [-0.25, -0.2) is 4.39 Å². The van der Waals surface area contributed by atoms with Gasteiger partial charge >= 0.3 is 0 Å². The summed E-state index contributed by atoms with van der Waals surface area (Å²) in [5.74, 6) is 0.548. The lowest BCUT2D eigenvalue weighted by Crippen LogP contribution is -2.19. The van der Waals surface area contributed by atoms with Gasteiger partial charge < -0.3 is 15.4 Å². The van der Waals surface area contributed by atoms with Gasteiger partial charge in [-0.15, -0.1) is 0 Å². The van der Waals surface area contributed by atoms with Crippen LogP contribution in [0.5, 0.6) is 5.75 Å². The molecule has 0 saturated heterocycles. The normalized spacial score (nSPS) is 10.7. The maximum absolute atomic E-state index is 12.9. The SMILES string of the molecule is CNCCCNCc1cc(Cl)ccc1OCc1ccc(F)cc1. The molecule has 0 aliphatic carbocycles. The van der Waals surface area contributed by atoms with Gasteiger partial charge in [-0.3, -0.25) is 0 Å². The molecule has 0 atom stereocenters. The first-order valence-electron chi connectivity index (χ1n) is 7.70. The van der Waals surface area contributed by atoms with Gasteiger partial charge in [0.1, 0.15) is 18.2 Å². The molecule has 0 bridgehead atoms. The van der Waals surface area contributed by atoms with Crippen molar-refractivity contribution < 1.29 is 9.13 Å². The number of hydrogen-bond donors (Lipinski definition) is 2. The summed E-state index contributed by atoms with van der Waals surface area (Å²) in [6, 6.07) is 11.9. The van der Waals surface area contributed by atoms with Crippen LogP contribution in [0.3, 0.4) is 0 Å². The van der Waals surface area contributed by atoms with Gasteiger partial charge in [0, 0.05) is 17.1 Å². The van der Waals surface area contributed by atoms with Crippen LogP contribution in [0.15, 0.2) is 42.5 Å². The van der Waals surface area contributed by atoms with Crippen molar-refractivity contribution in [2.24, 2.45) is 0 Å². The van der Waals surface area contributed by atoms with Crippen molar-refractivity contribution in [2.75, 3.05) is 20.1 Å². The molecule has 2 aromatic rings. The van der Waals surface area contributed by atoms with E-state index in [1.807, 2.05) is 25.2 Å². The van der Waals surface area contributed by atoms with Crippen LogP contribution in [0.2, 0.25) is 5.02 Å². The Balaban J connectivity index is 1.93. The van der Waals surface area contributed by atoms with Crippen LogP contribution in [0.25, 0.3) is 0 Å².